The maximum atomic E-state index is 13.3. The van der Waals surface area contributed by atoms with Crippen LogP contribution in [-0.4, -0.2) is 46.9 Å². The zero-order valence-corrected chi connectivity index (χ0v) is 43.9. The normalized spacial score (nSPS) is 14.1. The zero-order valence-electron chi connectivity index (χ0n) is 43.9. The third-order valence-corrected chi connectivity index (χ3v) is 11.9. The highest BCUT2D eigenvalue weighted by Gasteiger charge is 2.24. The molecule has 1 amide bonds. The van der Waals surface area contributed by atoms with Crippen LogP contribution in [0.15, 0.2) is 122 Å². The van der Waals surface area contributed by atoms with Crippen LogP contribution in [0, 0.1) is 0 Å². The largest absolute Gasteiger partial charge is 0.462 e. The van der Waals surface area contributed by atoms with Gasteiger partial charge in [-0.25, -0.2) is 0 Å². The van der Waals surface area contributed by atoms with Gasteiger partial charge in [0, 0.05) is 6.42 Å². The Morgan fingerprint density at radius 1 is 0.456 bits per heavy atom. The van der Waals surface area contributed by atoms with E-state index in [1.807, 2.05) is 24.3 Å². The van der Waals surface area contributed by atoms with Crippen molar-refractivity contribution < 1.29 is 24.5 Å². The second-order valence-electron chi connectivity index (χ2n) is 18.4. The Morgan fingerprint density at radius 2 is 0.897 bits per heavy atom. The van der Waals surface area contributed by atoms with E-state index in [4.69, 9.17) is 4.74 Å². The highest BCUT2D eigenvalue weighted by atomic mass is 16.5. The van der Waals surface area contributed by atoms with Crippen molar-refractivity contribution >= 4 is 11.9 Å². The summed E-state index contributed by atoms with van der Waals surface area (Å²) in [6, 6.07) is -0.735. The second kappa shape index (κ2) is 54.2. The average Bonchev–Trinajstić information content (AvgIpc) is 3.33. The maximum Gasteiger partial charge on any atom is 0.306 e. The number of carbonyl (C=O) groups excluding carboxylic acids is 2. The average molecular weight is 943 g/mol. The van der Waals surface area contributed by atoms with Crippen molar-refractivity contribution in [3.63, 3.8) is 0 Å². The Hall–Kier alpha value is -3.74. The monoisotopic (exact) mass is 942 g/mol. The van der Waals surface area contributed by atoms with Gasteiger partial charge in [-0.05, 0) is 83.5 Å². The number of aliphatic hydroxyl groups is 2. The molecule has 0 radical (unpaired) electrons. The lowest BCUT2D eigenvalue weighted by Crippen LogP contribution is -2.46. The molecule has 0 heterocycles. The van der Waals surface area contributed by atoms with Gasteiger partial charge in [0.25, 0.3) is 0 Å². The molecule has 3 atom stereocenters. The first-order valence-electron chi connectivity index (χ1n) is 27.8. The number of hydrogen-bond acceptors (Lipinski definition) is 5. The zero-order chi connectivity index (χ0) is 49.5. The van der Waals surface area contributed by atoms with Crippen molar-refractivity contribution in [3.8, 4) is 0 Å². The Kier molecular flexibility index (Phi) is 51.2. The van der Waals surface area contributed by atoms with E-state index in [9.17, 15) is 19.8 Å². The lowest BCUT2D eigenvalue weighted by atomic mass is 10.0. The van der Waals surface area contributed by atoms with E-state index in [0.29, 0.717) is 19.3 Å². The molecule has 0 spiro atoms. The third kappa shape index (κ3) is 48.7. The smallest absolute Gasteiger partial charge is 0.306 e. The molecule has 6 heteroatoms. The third-order valence-electron chi connectivity index (χ3n) is 11.9. The predicted molar refractivity (Wildman–Crippen MR) is 296 cm³/mol. The quantitative estimate of drug-likeness (QED) is 0.0244. The number of amides is 1. The van der Waals surface area contributed by atoms with E-state index in [2.05, 4.69) is 123 Å². The fourth-order valence-electron chi connectivity index (χ4n) is 7.73. The van der Waals surface area contributed by atoms with E-state index < -0.39 is 18.2 Å². The maximum absolute atomic E-state index is 13.3. The fraction of sp³-hybridized carbons (Fsp3) is 0.645. The molecule has 0 aromatic rings. The van der Waals surface area contributed by atoms with Gasteiger partial charge in [0.1, 0.15) is 6.10 Å². The van der Waals surface area contributed by atoms with Gasteiger partial charge in [-0.3, -0.25) is 9.59 Å². The molecule has 0 aliphatic rings. The van der Waals surface area contributed by atoms with E-state index >= 15 is 0 Å². The molecule has 386 valence electrons. The van der Waals surface area contributed by atoms with E-state index in [1.54, 1.807) is 0 Å². The van der Waals surface area contributed by atoms with Crippen molar-refractivity contribution in [2.45, 2.75) is 251 Å². The molecule has 0 aromatic heterocycles. The van der Waals surface area contributed by atoms with Crippen LogP contribution in [0.2, 0.25) is 0 Å². The van der Waals surface area contributed by atoms with Crippen LogP contribution in [0.4, 0.5) is 0 Å². The molecule has 0 aromatic carbocycles. The van der Waals surface area contributed by atoms with Crippen LogP contribution in [0.1, 0.15) is 233 Å². The summed E-state index contributed by atoms with van der Waals surface area (Å²) < 4.78 is 5.92. The molecule has 3 unspecified atom stereocenters. The number of ether oxygens (including phenoxy) is 1. The Balaban J connectivity index is 4.76. The van der Waals surface area contributed by atoms with Gasteiger partial charge in [-0.1, -0.05) is 258 Å². The molecule has 6 nitrogen and oxygen atoms in total. The minimum absolute atomic E-state index is 0.0201. The summed E-state index contributed by atoms with van der Waals surface area (Å²) in [5.41, 5.74) is 0. The molecular formula is C62H103NO5. The van der Waals surface area contributed by atoms with Gasteiger partial charge in [-0.2, -0.15) is 0 Å². The molecule has 0 bridgehead atoms. The SMILES string of the molecule is CC/C=C\C/C=C\C/C=C\C/C=C\C/C=C\CCCC(CC(=O)NC(CO)C(O)CCCCCCCCCCCCCCCC)OC(=O)CCCCCCC/C=C/C=C/C=C/C=C/C=C/CCC. The van der Waals surface area contributed by atoms with Gasteiger partial charge in [0.2, 0.25) is 5.91 Å². The van der Waals surface area contributed by atoms with E-state index in [1.165, 1.54) is 77.0 Å². The molecule has 0 saturated carbocycles. The second-order valence-corrected chi connectivity index (χ2v) is 18.4. The van der Waals surface area contributed by atoms with Gasteiger partial charge in [0.15, 0.2) is 0 Å². The summed E-state index contributed by atoms with van der Waals surface area (Å²) in [6.07, 6.45) is 75.4. The van der Waals surface area contributed by atoms with Crippen molar-refractivity contribution in [2.24, 2.45) is 0 Å². The van der Waals surface area contributed by atoms with Crippen LogP contribution in [-0.2, 0) is 14.3 Å². The minimum Gasteiger partial charge on any atom is -0.462 e. The minimum atomic E-state index is -0.816. The van der Waals surface area contributed by atoms with Crippen LogP contribution in [0.25, 0.3) is 0 Å². The summed E-state index contributed by atoms with van der Waals surface area (Å²) in [5.74, 6) is -0.567. The number of rotatable bonds is 48. The lowest BCUT2D eigenvalue weighted by Gasteiger charge is -2.24. The summed E-state index contributed by atoms with van der Waals surface area (Å²) in [6.45, 7) is 6.26. The Labute approximate surface area is 419 Å². The predicted octanol–water partition coefficient (Wildman–Crippen LogP) is 17.2. The summed E-state index contributed by atoms with van der Waals surface area (Å²) in [7, 11) is 0. The number of hydrogen-bond donors (Lipinski definition) is 3. The first-order valence-corrected chi connectivity index (χ1v) is 27.8. The van der Waals surface area contributed by atoms with Crippen molar-refractivity contribution in [3.05, 3.63) is 122 Å². The molecule has 68 heavy (non-hydrogen) atoms. The topological polar surface area (TPSA) is 95.9 Å². The molecule has 0 aliphatic heterocycles. The van der Waals surface area contributed by atoms with Crippen LogP contribution in [0.3, 0.4) is 0 Å². The Bertz CT molecular complexity index is 1430. The number of unbranched alkanes of at least 4 members (excludes halogenated alkanes) is 20. The first-order chi connectivity index (χ1) is 33.5. The van der Waals surface area contributed by atoms with Gasteiger partial charge in [0.05, 0.1) is 25.2 Å². The van der Waals surface area contributed by atoms with Crippen LogP contribution in [0.5, 0.6) is 0 Å². The van der Waals surface area contributed by atoms with E-state index in [-0.39, 0.29) is 24.9 Å². The van der Waals surface area contributed by atoms with Crippen LogP contribution < -0.4 is 5.32 Å². The fourth-order valence-corrected chi connectivity index (χ4v) is 7.73. The molecule has 0 aliphatic carbocycles. The standard InChI is InChI=1S/C62H103NO5/c1-4-7-10-13-16-19-22-25-28-30-32-34-37-40-43-46-49-52-55-62(67)68-58(53-50-47-44-41-38-35-33-31-29-26-23-20-17-14-11-8-5-2)56-61(66)63-59(57-64)60(65)54-51-48-45-42-39-36-27-24-21-18-15-12-9-6-3/h8,10-11,13,16-17,19-20,22,25-26,28-30,32-35,41,44,58-60,64-65H,4-7,9,12,14-15,18,21,23-24,27,31,36-40,42-43,45-57H2,1-3H3,(H,63,66)/b11-8-,13-10+,19-16+,20-17-,25-22+,29-26-,30-28+,34-32+,35-33-,44-41-. The van der Waals surface area contributed by atoms with Crippen LogP contribution >= 0.6 is 0 Å². The molecule has 0 rings (SSSR count). The molecular weight excluding hydrogens is 839 g/mol. The summed E-state index contributed by atoms with van der Waals surface area (Å²) >= 11 is 0. The van der Waals surface area contributed by atoms with E-state index in [0.717, 1.165) is 109 Å². The summed E-state index contributed by atoms with van der Waals surface area (Å²) in [4.78, 5) is 26.2. The number of aliphatic hydroxyl groups excluding tert-OH is 2. The molecule has 0 fully saturated rings. The number of carbonyl (C=O) groups is 2. The molecule has 3 N–H and O–H groups in total. The highest BCUT2D eigenvalue weighted by Crippen LogP contribution is 2.17. The van der Waals surface area contributed by atoms with Gasteiger partial charge in [-0.15, -0.1) is 0 Å². The van der Waals surface area contributed by atoms with Crippen molar-refractivity contribution in [1.29, 1.82) is 0 Å². The lowest BCUT2D eigenvalue weighted by molar-refractivity contribution is -0.151. The van der Waals surface area contributed by atoms with Gasteiger partial charge < -0.3 is 20.3 Å². The Morgan fingerprint density at radius 3 is 1.41 bits per heavy atom. The van der Waals surface area contributed by atoms with Crippen molar-refractivity contribution in [1.82, 2.24) is 5.32 Å². The number of esters is 1. The molecule has 0 saturated heterocycles. The number of allylic oxidation sites excluding steroid dienone is 20. The summed E-state index contributed by atoms with van der Waals surface area (Å²) in [5, 5.41) is 23.8. The first kappa shape index (κ1) is 64.3. The highest BCUT2D eigenvalue weighted by molar-refractivity contribution is 5.77. The van der Waals surface area contributed by atoms with Crippen molar-refractivity contribution in [2.75, 3.05) is 6.61 Å². The van der Waals surface area contributed by atoms with Gasteiger partial charge >= 0.3 is 5.97 Å². The number of nitrogens with one attached hydrogen (secondary N) is 1.